The van der Waals surface area contributed by atoms with E-state index in [4.69, 9.17) is 5.73 Å². The first-order valence-electron chi connectivity index (χ1n) is 7.46. The van der Waals surface area contributed by atoms with Gasteiger partial charge in [-0.3, -0.25) is 4.79 Å². The first-order chi connectivity index (χ1) is 9.44. The molecule has 0 aliphatic heterocycles. The molecule has 21 heavy (non-hydrogen) atoms. The highest BCUT2D eigenvalue weighted by Crippen LogP contribution is 2.27. The molecule has 2 rings (SSSR count). The van der Waals surface area contributed by atoms with Gasteiger partial charge < -0.3 is 10.6 Å². The van der Waals surface area contributed by atoms with Crippen LogP contribution in [0.2, 0.25) is 0 Å². The Kier molecular flexibility index (Phi) is 6.63. The lowest BCUT2D eigenvalue weighted by molar-refractivity contribution is -0.135. The van der Waals surface area contributed by atoms with Crippen molar-refractivity contribution >= 4 is 29.7 Å². The number of fused-ring (bicyclic) bond motifs is 1. The van der Waals surface area contributed by atoms with Gasteiger partial charge in [0.1, 0.15) is 5.01 Å². The van der Waals surface area contributed by atoms with Crippen LogP contribution in [0.25, 0.3) is 0 Å². The number of hydrogen-bond acceptors (Lipinski definition) is 4. The lowest BCUT2D eigenvalue weighted by Crippen LogP contribution is -2.51. The topological polar surface area (TPSA) is 59.2 Å². The normalized spacial score (nSPS) is 16.6. The fourth-order valence-electron chi connectivity index (χ4n) is 2.81. The zero-order valence-corrected chi connectivity index (χ0v) is 14.8. The van der Waals surface area contributed by atoms with Crippen LogP contribution in [0, 0.1) is 0 Å². The Labute approximate surface area is 137 Å². The van der Waals surface area contributed by atoms with Crippen LogP contribution >= 0.6 is 23.7 Å². The summed E-state index contributed by atoms with van der Waals surface area (Å²) < 4.78 is 0. The summed E-state index contributed by atoms with van der Waals surface area (Å²) in [6.07, 6.45) is 6.37. The van der Waals surface area contributed by atoms with Gasteiger partial charge in [0.05, 0.1) is 17.8 Å². The number of hydrogen-bond donors (Lipinski definition) is 1. The molecule has 0 bridgehead atoms. The second-order valence-electron chi connectivity index (χ2n) is 6.01. The minimum atomic E-state index is -0.764. The fraction of sp³-hybridized carbons (Fsp3) is 0.733. The third-order valence-corrected chi connectivity index (χ3v) is 5.01. The molecule has 2 N–H and O–H groups in total. The Morgan fingerprint density at radius 1 is 1.43 bits per heavy atom. The zero-order valence-electron chi connectivity index (χ0n) is 13.1. The lowest BCUT2D eigenvalue weighted by Gasteiger charge is -2.28. The lowest BCUT2D eigenvalue weighted by atomic mass is 9.96. The molecule has 0 saturated heterocycles. The van der Waals surface area contributed by atoms with Gasteiger partial charge in [-0.2, -0.15) is 0 Å². The van der Waals surface area contributed by atoms with E-state index in [1.54, 1.807) is 16.2 Å². The third-order valence-electron chi connectivity index (χ3n) is 3.87. The highest BCUT2D eigenvalue weighted by molar-refractivity contribution is 7.11. The first-order valence-corrected chi connectivity index (χ1v) is 8.27. The van der Waals surface area contributed by atoms with Crippen molar-refractivity contribution in [3.8, 4) is 0 Å². The molecule has 4 nitrogen and oxygen atoms in total. The Bertz CT molecular complexity index is 464. The molecule has 1 aromatic heterocycles. The van der Waals surface area contributed by atoms with Gasteiger partial charge in [-0.15, -0.1) is 23.7 Å². The Morgan fingerprint density at radius 3 is 2.71 bits per heavy atom. The van der Waals surface area contributed by atoms with Crippen LogP contribution in [0.4, 0.5) is 0 Å². The number of nitrogens with two attached hydrogens (primary N) is 1. The molecule has 1 aliphatic carbocycles. The molecule has 0 radical (unpaired) electrons. The molecular formula is C15H26ClN3OS. The molecule has 0 saturated carbocycles. The fourth-order valence-corrected chi connectivity index (χ4v) is 4.02. The zero-order chi connectivity index (χ0) is 14.8. The van der Waals surface area contributed by atoms with Crippen LogP contribution < -0.4 is 5.73 Å². The third kappa shape index (κ3) is 4.41. The molecule has 6 heteroatoms. The summed E-state index contributed by atoms with van der Waals surface area (Å²) in [5, 5.41) is 1.04. The number of halogens is 1. The number of rotatable bonds is 5. The molecule has 1 atom stereocenters. The molecule has 1 heterocycles. The second kappa shape index (κ2) is 7.56. The van der Waals surface area contributed by atoms with E-state index in [1.807, 2.05) is 20.9 Å². The van der Waals surface area contributed by atoms with Gasteiger partial charge in [0.25, 0.3) is 0 Å². The quantitative estimate of drug-likeness (QED) is 0.902. The van der Waals surface area contributed by atoms with Gasteiger partial charge in [0.15, 0.2) is 0 Å². The van der Waals surface area contributed by atoms with Crippen molar-refractivity contribution in [2.45, 2.75) is 64.5 Å². The maximum Gasteiger partial charge on any atom is 0.242 e. The van der Waals surface area contributed by atoms with E-state index in [2.05, 4.69) is 4.98 Å². The van der Waals surface area contributed by atoms with E-state index >= 15 is 0 Å². The van der Waals surface area contributed by atoms with Gasteiger partial charge in [-0.25, -0.2) is 4.98 Å². The van der Waals surface area contributed by atoms with Crippen molar-refractivity contribution in [2.24, 2.45) is 5.73 Å². The number of carbonyl (C=O) groups is 1. The SMILES string of the molecule is CCCC(C)(N)C(=O)N(C)Cc1nc2c(s1)CCCC2.Cl. The van der Waals surface area contributed by atoms with Gasteiger partial charge in [0.2, 0.25) is 5.91 Å². The number of thiazole rings is 1. The van der Waals surface area contributed by atoms with Crippen molar-refractivity contribution in [3.05, 3.63) is 15.6 Å². The van der Waals surface area contributed by atoms with Crippen LogP contribution in [0.15, 0.2) is 0 Å². The monoisotopic (exact) mass is 331 g/mol. The summed E-state index contributed by atoms with van der Waals surface area (Å²) >= 11 is 1.76. The molecular weight excluding hydrogens is 306 g/mol. The number of amides is 1. The van der Waals surface area contributed by atoms with Gasteiger partial charge in [-0.05, 0) is 39.0 Å². The van der Waals surface area contributed by atoms with Gasteiger partial charge in [-0.1, -0.05) is 13.3 Å². The number of aromatic nitrogens is 1. The van der Waals surface area contributed by atoms with Crippen LogP contribution in [0.1, 0.15) is 55.1 Å². The molecule has 1 amide bonds. The maximum atomic E-state index is 12.4. The van der Waals surface area contributed by atoms with Crippen LogP contribution in [0.3, 0.4) is 0 Å². The predicted octanol–water partition coefficient (Wildman–Crippen LogP) is 2.92. The summed E-state index contributed by atoms with van der Waals surface area (Å²) in [6, 6.07) is 0. The first kappa shape index (κ1) is 18.4. The highest BCUT2D eigenvalue weighted by atomic mass is 35.5. The van der Waals surface area contributed by atoms with Crippen molar-refractivity contribution in [1.82, 2.24) is 9.88 Å². The molecule has 1 aromatic rings. The summed E-state index contributed by atoms with van der Waals surface area (Å²) in [4.78, 5) is 20.2. The smallest absolute Gasteiger partial charge is 0.242 e. The average Bonchev–Trinajstić information content (AvgIpc) is 2.79. The molecule has 1 aliphatic rings. The van der Waals surface area contributed by atoms with E-state index in [9.17, 15) is 4.79 Å². The minimum absolute atomic E-state index is 0. The number of likely N-dealkylation sites (N-methyl/N-ethyl adjacent to an activating group) is 1. The van der Waals surface area contributed by atoms with Crippen molar-refractivity contribution < 1.29 is 4.79 Å². The molecule has 1 unspecified atom stereocenters. The minimum Gasteiger partial charge on any atom is -0.337 e. The van der Waals surface area contributed by atoms with Crippen LogP contribution in [-0.2, 0) is 24.2 Å². The summed E-state index contributed by atoms with van der Waals surface area (Å²) in [5.41, 5.74) is 6.60. The molecule has 0 aromatic carbocycles. The van der Waals surface area contributed by atoms with E-state index < -0.39 is 5.54 Å². The maximum absolute atomic E-state index is 12.4. The van der Waals surface area contributed by atoms with Crippen molar-refractivity contribution in [1.29, 1.82) is 0 Å². The van der Waals surface area contributed by atoms with E-state index in [0.29, 0.717) is 13.0 Å². The summed E-state index contributed by atoms with van der Waals surface area (Å²) in [5.74, 6) is 0.00696. The molecule has 120 valence electrons. The standard InChI is InChI=1S/C15H25N3OS.ClH/c1-4-9-15(2,16)14(19)18(3)10-13-17-11-7-5-6-8-12(11)20-13;/h4-10,16H2,1-3H3;1H. The van der Waals surface area contributed by atoms with E-state index in [1.165, 1.54) is 23.4 Å². The largest absolute Gasteiger partial charge is 0.337 e. The number of carbonyl (C=O) groups excluding carboxylic acids is 1. The summed E-state index contributed by atoms with van der Waals surface area (Å²) in [7, 11) is 1.82. The van der Waals surface area contributed by atoms with Gasteiger partial charge >= 0.3 is 0 Å². The molecule has 0 fully saturated rings. The van der Waals surface area contributed by atoms with Crippen LogP contribution in [0.5, 0.6) is 0 Å². The molecule has 0 spiro atoms. The predicted molar refractivity (Wildman–Crippen MR) is 90.0 cm³/mol. The Balaban J connectivity index is 0.00000220. The summed E-state index contributed by atoms with van der Waals surface area (Å²) in [6.45, 7) is 4.45. The Morgan fingerprint density at radius 2 is 2.10 bits per heavy atom. The van der Waals surface area contributed by atoms with Crippen molar-refractivity contribution in [2.75, 3.05) is 7.05 Å². The number of aryl methyl sites for hydroxylation is 2. The van der Waals surface area contributed by atoms with E-state index in [0.717, 1.165) is 24.3 Å². The van der Waals surface area contributed by atoms with Gasteiger partial charge in [0, 0.05) is 11.9 Å². The second-order valence-corrected chi connectivity index (χ2v) is 7.18. The highest BCUT2D eigenvalue weighted by Gasteiger charge is 2.30. The Hall–Kier alpha value is -0.650. The average molecular weight is 332 g/mol. The number of nitrogens with zero attached hydrogens (tertiary/aromatic N) is 2. The van der Waals surface area contributed by atoms with E-state index in [-0.39, 0.29) is 18.3 Å². The van der Waals surface area contributed by atoms with Crippen LogP contribution in [-0.4, -0.2) is 28.4 Å². The van der Waals surface area contributed by atoms with Crippen molar-refractivity contribution in [3.63, 3.8) is 0 Å².